The molecule has 3 rings (SSSR count). The van der Waals surface area contributed by atoms with Crippen LogP contribution in [0, 0.1) is 0 Å². The molecule has 34 heavy (non-hydrogen) atoms. The van der Waals surface area contributed by atoms with Crippen LogP contribution < -0.4 is 19.5 Å². The lowest BCUT2D eigenvalue weighted by molar-refractivity contribution is -0.142. The van der Waals surface area contributed by atoms with E-state index in [1.807, 2.05) is 60.7 Å². The predicted molar refractivity (Wildman–Crippen MR) is 130 cm³/mol. The number of likely N-dealkylation sites (N-methyl/N-ethyl adjacent to an activating group) is 1. The van der Waals surface area contributed by atoms with Crippen LogP contribution in [0.2, 0.25) is 0 Å². The molecular weight excluding hydrogens is 432 g/mol. The van der Waals surface area contributed by atoms with E-state index < -0.39 is 6.04 Å². The van der Waals surface area contributed by atoms with Crippen LogP contribution in [-0.4, -0.2) is 50.6 Å². The van der Waals surface area contributed by atoms with Crippen LogP contribution in [0.4, 0.5) is 0 Å². The molecule has 3 aromatic rings. The van der Waals surface area contributed by atoms with Gasteiger partial charge < -0.3 is 24.4 Å². The standard InChI is InChI=1S/C27H30N2O5/c1-28-27(31)25(14-20-10-6-4-7-11-20)29(18-21-12-8-5-9-13-21)26(30)19-34-24-16-22(32-2)15-23(17-24)33-3/h4-13,15-17,25H,14,18-19H2,1-3H3,(H,28,31)/t25-/m0/s1. The number of ether oxygens (including phenoxy) is 3. The third-order valence-electron chi connectivity index (χ3n) is 5.40. The molecule has 0 unspecified atom stereocenters. The van der Waals surface area contributed by atoms with Gasteiger partial charge in [0.25, 0.3) is 5.91 Å². The van der Waals surface area contributed by atoms with Crippen molar-refractivity contribution in [3.63, 3.8) is 0 Å². The number of methoxy groups -OCH3 is 2. The van der Waals surface area contributed by atoms with E-state index >= 15 is 0 Å². The van der Waals surface area contributed by atoms with E-state index in [0.717, 1.165) is 11.1 Å². The maximum atomic E-state index is 13.4. The number of carbonyl (C=O) groups is 2. The van der Waals surface area contributed by atoms with Crippen molar-refractivity contribution in [3.05, 3.63) is 90.0 Å². The Morgan fingerprint density at radius 1 is 0.824 bits per heavy atom. The summed E-state index contributed by atoms with van der Waals surface area (Å²) in [5.41, 5.74) is 1.88. The van der Waals surface area contributed by atoms with Gasteiger partial charge in [0.15, 0.2) is 6.61 Å². The monoisotopic (exact) mass is 462 g/mol. The van der Waals surface area contributed by atoms with Crippen molar-refractivity contribution in [2.24, 2.45) is 0 Å². The maximum absolute atomic E-state index is 13.4. The molecular formula is C27H30N2O5. The number of amides is 2. The molecule has 0 fully saturated rings. The highest BCUT2D eigenvalue weighted by atomic mass is 16.5. The molecule has 0 spiro atoms. The van der Waals surface area contributed by atoms with Gasteiger partial charge in [0.1, 0.15) is 23.3 Å². The molecule has 3 aromatic carbocycles. The van der Waals surface area contributed by atoms with Crippen molar-refractivity contribution in [1.82, 2.24) is 10.2 Å². The third-order valence-corrected chi connectivity index (χ3v) is 5.40. The maximum Gasteiger partial charge on any atom is 0.261 e. The van der Waals surface area contributed by atoms with Gasteiger partial charge in [-0.3, -0.25) is 9.59 Å². The Labute approximate surface area is 200 Å². The van der Waals surface area contributed by atoms with E-state index in [4.69, 9.17) is 14.2 Å². The smallest absolute Gasteiger partial charge is 0.261 e. The number of carbonyl (C=O) groups excluding carboxylic acids is 2. The van der Waals surface area contributed by atoms with E-state index in [-0.39, 0.29) is 25.0 Å². The summed E-state index contributed by atoms with van der Waals surface area (Å²) in [7, 11) is 4.66. The van der Waals surface area contributed by atoms with Crippen LogP contribution in [-0.2, 0) is 22.6 Å². The van der Waals surface area contributed by atoms with Crippen molar-refractivity contribution in [3.8, 4) is 17.2 Å². The number of nitrogens with one attached hydrogen (secondary N) is 1. The van der Waals surface area contributed by atoms with Crippen molar-refractivity contribution < 1.29 is 23.8 Å². The van der Waals surface area contributed by atoms with E-state index in [9.17, 15) is 9.59 Å². The van der Waals surface area contributed by atoms with Gasteiger partial charge in [-0.25, -0.2) is 0 Å². The number of hydrogen-bond donors (Lipinski definition) is 1. The van der Waals surface area contributed by atoms with E-state index in [1.165, 1.54) is 0 Å². The summed E-state index contributed by atoms with van der Waals surface area (Å²) in [6.45, 7) is 0.0286. The van der Waals surface area contributed by atoms with Gasteiger partial charge in [0.2, 0.25) is 5.91 Å². The van der Waals surface area contributed by atoms with Crippen molar-refractivity contribution >= 4 is 11.8 Å². The molecule has 0 aliphatic rings. The van der Waals surface area contributed by atoms with Crippen LogP contribution in [0.5, 0.6) is 17.2 Å². The van der Waals surface area contributed by atoms with Gasteiger partial charge in [-0.2, -0.15) is 0 Å². The Bertz CT molecular complexity index is 1050. The number of nitrogens with zero attached hydrogens (tertiary/aromatic N) is 1. The van der Waals surface area contributed by atoms with Crippen LogP contribution in [0.25, 0.3) is 0 Å². The SMILES string of the molecule is CNC(=O)[C@H](Cc1ccccc1)N(Cc1ccccc1)C(=O)COc1cc(OC)cc(OC)c1. The highest BCUT2D eigenvalue weighted by molar-refractivity contribution is 5.88. The largest absolute Gasteiger partial charge is 0.496 e. The minimum Gasteiger partial charge on any atom is -0.496 e. The van der Waals surface area contributed by atoms with Gasteiger partial charge in [-0.1, -0.05) is 60.7 Å². The molecule has 0 aromatic heterocycles. The fourth-order valence-corrected chi connectivity index (χ4v) is 3.59. The van der Waals surface area contributed by atoms with Crippen LogP contribution in [0.15, 0.2) is 78.9 Å². The normalized spacial score (nSPS) is 11.3. The zero-order valence-corrected chi connectivity index (χ0v) is 19.7. The van der Waals surface area contributed by atoms with Crippen LogP contribution >= 0.6 is 0 Å². The Hall–Kier alpha value is -4.00. The summed E-state index contributed by atoms with van der Waals surface area (Å²) in [5.74, 6) is 0.987. The molecule has 0 aliphatic heterocycles. The number of rotatable bonds is 11. The minimum atomic E-state index is -0.705. The number of benzene rings is 3. The Kier molecular flexibility index (Phi) is 8.91. The molecule has 0 radical (unpaired) electrons. The Morgan fingerprint density at radius 2 is 1.35 bits per heavy atom. The fraction of sp³-hybridized carbons (Fsp3) is 0.259. The molecule has 7 heteroatoms. The molecule has 1 N–H and O–H groups in total. The van der Waals surface area contributed by atoms with Crippen molar-refractivity contribution in [2.75, 3.05) is 27.9 Å². The fourth-order valence-electron chi connectivity index (χ4n) is 3.59. The second-order valence-electron chi connectivity index (χ2n) is 7.66. The molecule has 0 heterocycles. The molecule has 1 atom stereocenters. The second kappa shape index (κ2) is 12.3. The minimum absolute atomic E-state index is 0.240. The van der Waals surface area contributed by atoms with Crippen LogP contribution in [0.1, 0.15) is 11.1 Å². The first-order valence-corrected chi connectivity index (χ1v) is 11.0. The first-order chi connectivity index (χ1) is 16.5. The average Bonchev–Trinajstić information content (AvgIpc) is 2.89. The highest BCUT2D eigenvalue weighted by Crippen LogP contribution is 2.27. The van der Waals surface area contributed by atoms with Crippen LogP contribution in [0.3, 0.4) is 0 Å². The summed E-state index contributed by atoms with van der Waals surface area (Å²) in [6, 6.07) is 23.6. The summed E-state index contributed by atoms with van der Waals surface area (Å²) in [4.78, 5) is 27.9. The molecule has 7 nitrogen and oxygen atoms in total. The average molecular weight is 463 g/mol. The zero-order valence-electron chi connectivity index (χ0n) is 19.7. The highest BCUT2D eigenvalue weighted by Gasteiger charge is 2.30. The lowest BCUT2D eigenvalue weighted by Crippen LogP contribution is -2.51. The van der Waals surface area contributed by atoms with E-state index in [2.05, 4.69) is 5.32 Å². The molecule has 178 valence electrons. The first-order valence-electron chi connectivity index (χ1n) is 11.0. The lowest BCUT2D eigenvalue weighted by Gasteiger charge is -2.31. The van der Waals surface area contributed by atoms with Gasteiger partial charge in [-0.05, 0) is 11.1 Å². The summed E-state index contributed by atoms with van der Waals surface area (Å²) < 4.78 is 16.3. The molecule has 2 amide bonds. The lowest BCUT2D eigenvalue weighted by atomic mass is 10.0. The summed E-state index contributed by atoms with van der Waals surface area (Å²) in [5, 5.41) is 2.70. The summed E-state index contributed by atoms with van der Waals surface area (Å²) in [6.07, 6.45) is 0.381. The Morgan fingerprint density at radius 3 is 1.88 bits per heavy atom. The molecule has 0 saturated carbocycles. The first kappa shape index (κ1) is 24.6. The molecule has 0 saturated heterocycles. The van der Waals surface area contributed by atoms with Gasteiger partial charge in [0, 0.05) is 38.2 Å². The Balaban J connectivity index is 1.86. The van der Waals surface area contributed by atoms with Gasteiger partial charge in [0.05, 0.1) is 14.2 Å². The predicted octanol–water partition coefficient (Wildman–Crippen LogP) is 3.47. The van der Waals surface area contributed by atoms with Gasteiger partial charge >= 0.3 is 0 Å². The van der Waals surface area contributed by atoms with E-state index in [1.54, 1.807) is 44.4 Å². The van der Waals surface area contributed by atoms with Crippen molar-refractivity contribution in [1.29, 1.82) is 0 Å². The molecule has 0 bridgehead atoms. The molecule has 0 aliphatic carbocycles. The number of hydrogen-bond acceptors (Lipinski definition) is 5. The zero-order chi connectivity index (χ0) is 24.3. The second-order valence-corrected chi connectivity index (χ2v) is 7.66. The quantitative estimate of drug-likeness (QED) is 0.472. The topological polar surface area (TPSA) is 77.1 Å². The van der Waals surface area contributed by atoms with Gasteiger partial charge in [-0.15, -0.1) is 0 Å². The third kappa shape index (κ3) is 6.75. The summed E-state index contributed by atoms with van der Waals surface area (Å²) >= 11 is 0. The van der Waals surface area contributed by atoms with Crippen molar-refractivity contribution in [2.45, 2.75) is 19.0 Å². The van der Waals surface area contributed by atoms with E-state index in [0.29, 0.717) is 23.7 Å².